The number of hydrogen-bond donors (Lipinski definition) is 2. The second kappa shape index (κ2) is 5.83. The molecule has 0 radical (unpaired) electrons. The molecule has 1 aromatic rings. The van der Waals surface area contributed by atoms with Crippen LogP contribution < -0.4 is 10.0 Å². The van der Waals surface area contributed by atoms with Gasteiger partial charge in [-0.05, 0) is 46.9 Å². The van der Waals surface area contributed by atoms with Crippen LogP contribution in [-0.2, 0) is 14.8 Å². The van der Waals surface area contributed by atoms with Gasteiger partial charge in [-0.3, -0.25) is 0 Å². The Kier molecular flexibility index (Phi) is 4.59. The third-order valence-corrected chi connectivity index (χ3v) is 5.12. The van der Waals surface area contributed by atoms with Crippen LogP contribution in [0.3, 0.4) is 0 Å². The molecule has 0 saturated carbocycles. The van der Waals surface area contributed by atoms with Gasteiger partial charge < -0.3 is 10.1 Å². The van der Waals surface area contributed by atoms with Crippen molar-refractivity contribution in [2.75, 3.05) is 20.2 Å². The largest absolute Gasteiger partial charge is 0.378 e. The van der Waals surface area contributed by atoms with E-state index in [0.717, 1.165) is 3.57 Å². The van der Waals surface area contributed by atoms with Crippen LogP contribution in [0.5, 0.6) is 0 Å². The van der Waals surface area contributed by atoms with Gasteiger partial charge in [-0.2, -0.15) is 0 Å². The number of sulfonamides is 1. The van der Waals surface area contributed by atoms with Crippen LogP contribution in [0.25, 0.3) is 0 Å². The zero-order valence-electron chi connectivity index (χ0n) is 9.89. The number of halogens is 1. The lowest BCUT2D eigenvalue weighted by Crippen LogP contribution is -2.43. The van der Waals surface area contributed by atoms with Gasteiger partial charge in [-0.25, -0.2) is 13.1 Å². The number of rotatable bonds is 4. The average molecular weight is 382 g/mol. The fourth-order valence-corrected chi connectivity index (χ4v) is 3.52. The molecule has 18 heavy (non-hydrogen) atoms. The second-order valence-corrected chi connectivity index (χ2v) is 7.07. The van der Waals surface area contributed by atoms with Crippen molar-refractivity contribution in [3.05, 3.63) is 27.8 Å². The van der Waals surface area contributed by atoms with Crippen molar-refractivity contribution in [1.82, 2.24) is 10.0 Å². The fourth-order valence-electron chi connectivity index (χ4n) is 1.90. The topological polar surface area (TPSA) is 67.4 Å². The first kappa shape index (κ1) is 14.2. The monoisotopic (exact) mass is 382 g/mol. The lowest BCUT2D eigenvalue weighted by molar-refractivity contribution is 0.103. The Balaban J connectivity index is 2.14. The molecule has 0 bridgehead atoms. The fraction of sp³-hybridized carbons (Fsp3) is 0.455. The molecular weight excluding hydrogens is 367 g/mol. The lowest BCUT2D eigenvalue weighted by atomic mass is 10.2. The van der Waals surface area contributed by atoms with Crippen LogP contribution >= 0.6 is 22.6 Å². The van der Waals surface area contributed by atoms with E-state index in [1.807, 2.05) is 0 Å². The molecule has 0 amide bonds. The van der Waals surface area contributed by atoms with E-state index in [2.05, 4.69) is 32.6 Å². The first-order valence-electron chi connectivity index (χ1n) is 5.54. The summed E-state index contributed by atoms with van der Waals surface area (Å²) in [5, 5.41) is 3.10. The number of methoxy groups -OCH3 is 1. The maximum Gasteiger partial charge on any atom is 0.240 e. The molecule has 1 unspecified atom stereocenters. The molecule has 1 aliphatic rings. The smallest absolute Gasteiger partial charge is 0.240 e. The molecule has 1 saturated heterocycles. The summed E-state index contributed by atoms with van der Waals surface area (Å²) in [6.45, 7) is 1.25. The third kappa shape index (κ3) is 3.21. The minimum absolute atomic E-state index is 0.122. The maximum absolute atomic E-state index is 12.2. The van der Waals surface area contributed by atoms with E-state index in [4.69, 9.17) is 4.74 Å². The van der Waals surface area contributed by atoms with Crippen molar-refractivity contribution in [3.8, 4) is 0 Å². The van der Waals surface area contributed by atoms with Gasteiger partial charge >= 0.3 is 0 Å². The van der Waals surface area contributed by atoms with Crippen LogP contribution in [0.15, 0.2) is 29.2 Å². The van der Waals surface area contributed by atoms with E-state index in [9.17, 15) is 8.42 Å². The Morgan fingerprint density at radius 1 is 1.33 bits per heavy atom. The first-order valence-corrected chi connectivity index (χ1v) is 8.10. The molecule has 0 aliphatic carbocycles. The normalized spacial score (nSPS) is 24.3. The van der Waals surface area contributed by atoms with Gasteiger partial charge in [0.05, 0.1) is 17.0 Å². The summed E-state index contributed by atoms with van der Waals surface area (Å²) < 4.78 is 33.2. The zero-order valence-corrected chi connectivity index (χ0v) is 12.9. The molecule has 0 spiro atoms. The highest BCUT2D eigenvalue weighted by molar-refractivity contribution is 14.1. The Labute approximate surface area is 120 Å². The summed E-state index contributed by atoms with van der Waals surface area (Å²) >= 11 is 2.14. The van der Waals surface area contributed by atoms with Gasteiger partial charge in [0, 0.05) is 23.8 Å². The molecule has 2 N–H and O–H groups in total. The number of benzene rings is 1. The average Bonchev–Trinajstić information content (AvgIpc) is 2.76. The number of ether oxygens (including phenoxy) is 1. The van der Waals surface area contributed by atoms with Crippen molar-refractivity contribution in [2.45, 2.75) is 17.0 Å². The van der Waals surface area contributed by atoms with Crippen molar-refractivity contribution in [2.24, 2.45) is 0 Å². The molecule has 2 rings (SSSR count). The number of nitrogens with one attached hydrogen (secondary N) is 2. The van der Waals surface area contributed by atoms with E-state index in [-0.39, 0.29) is 17.0 Å². The van der Waals surface area contributed by atoms with Crippen LogP contribution in [0, 0.1) is 3.57 Å². The third-order valence-electron chi connectivity index (χ3n) is 2.89. The van der Waals surface area contributed by atoms with Gasteiger partial charge in [0.1, 0.15) is 0 Å². The Morgan fingerprint density at radius 3 is 2.61 bits per heavy atom. The van der Waals surface area contributed by atoms with Crippen molar-refractivity contribution in [1.29, 1.82) is 0 Å². The minimum Gasteiger partial charge on any atom is -0.378 e. The van der Waals surface area contributed by atoms with Gasteiger partial charge in [0.25, 0.3) is 0 Å². The predicted molar refractivity (Wildman–Crippen MR) is 76.9 cm³/mol. The molecule has 0 aromatic heterocycles. The highest BCUT2D eigenvalue weighted by Crippen LogP contribution is 2.14. The van der Waals surface area contributed by atoms with Crippen molar-refractivity contribution >= 4 is 32.6 Å². The molecule has 7 heteroatoms. The summed E-state index contributed by atoms with van der Waals surface area (Å²) in [6, 6.07) is 6.54. The molecule has 100 valence electrons. The molecule has 1 aromatic carbocycles. The quantitative estimate of drug-likeness (QED) is 0.747. The van der Waals surface area contributed by atoms with Crippen molar-refractivity contribution in [3.63, 3.8) is 0 Å². The molecular formula is C11H15IN2O3S. The van der Waals surface area contributed by atoms with Gasteiger partial charge in [0.15, 0.2) is 0 Å². The lowest BCUT2D eigenvalue weighted by Gasteiger charge is -2.18. The van der Waals surface area contributed by atoms with Gasteiger partial charge in [-0.15, -0.1) is 0 Å². The van der Waals surface area contributed by atoms with Gasteiger partial charge in [-0.1, -0.05) is 0 Å². The Morgan fingerprint density at radius 2 is 2.00 bits per heavy atom. The minimum atomic E-state index is -3.48. The second-order valence-electron chi connectivity index (χ2n) is 4.11. The van der Waals surface area contributed by atoms with E-state index in [1.165, 1.54) is 0 Å². The summed E-state index contributed by atoms with van der Waals surface area (Å²) in [7, 11) is -1.89. The van der Waals surface area contributed by atoms with E-state index in [0.29, 0.717) is 13.1 Å². The summed E-state index contributed by atoms with van der Waals surface area (Å²) in [5.41, 5.74) is 0. The molecule has 1 fully saturated rings. The van der Waals surface area contributed by atoms with Crippen LogP contribution in [0.1, 0.15) is 0 Å². The van der Waals surface area contributed by atoms with Crippen LogP contribution in [-0.4, -0.2) is 40.8 Å². The molecule has 1 heterocycles. The van der Waals surface area contributed by atoms with E-state index >= 15 is 0 Å². The Hall–Kier alpha value is -0.220. The summed E-state index contributed by atoms with van der Waals surface area (Å²) in [6.07, 6.45) is -0.122. The summed E-state index contributed by atoms with van der Waals surface area (Å²) in [4.78, 5) is 0.282. The van der Waals surface area contributed by atoms with Crippen molar-refractivity contribution < 1.29 is 13.2 Å². The SMILES string of the molecule is CO[C@H]1CNCC1NS(=O)(=O)c1ccc(I)cc1. The number of hydrogen-bond acceptors (Lipinski definition) is 4. The molecule has 5 nitrogen and oxygen atoms in total. The predicted octanol–water partition coefficient (Wildman–Crippen LogP) is 0.556. The molecule has 1 aliphatic heterocycles. The first-order chi connectivity index (χ1) is 8.53. The van der Waals surface area contributed by atoms with E-state index in [1.54, 1.807) is 31.4 Å². The van der Waals surface area contributed by atoms with Crippen LogP contribution in [0.4, 0.5) is 0 Å². The van der Waals surface area contributed by atoms with Gasteiger partial charge in [0.2, 0.25) is 10.0 Å². The highest BCUT2D eigenvalue weighted by atomic mass is 127. The maximum atomic E-state index is 12.2. The van der Waals surface area contributed by atoms with Crippen LogP contribution in [0.2, 0.25) is 0 Å². The Bertz CT molecular complexity index is 504. The highest BCUT2D eigenvalue weighted by Gasteiger charge is 2.31. The standard InChI is InChI=1S/C11H15IN2O3S/c1-17-11-7-13-6-10(11)14-18(15,16)9-4-2-8(12)3-5-9/h2-5,10-11,13-14H,6-7H2,1H3/t10?,11-/m0/s1. The molecule has 2 atom stereocenters. The van der Waals surface area contributed by atoms with E-state index < -0.39 is 10.0 Å². The summed E-state index contributed by atoms with van der Waals surface area (Å²) in [5.74, 6) is 0. The zero-order chi connectivity index (χ0) is 13.2.